The summed E-state index contributed by atoms with van der Waals surface area (Å²) in [5.41, 5.74) is 5.88. The highest BCUT2D eigenvalue weighted by Gasteiger charge is 2.15. The molecule has 13 heavy (non-hydrogen) atoms. The third-order valence-corrected chi connectivity index (χ3v) is 2.50. The van der Waals surface area contributed by atoms with Crippen molar-refractivity contribution in [1.29, 1.82) is 0 Å². The lowest BCUT2D eigenvalue weighted by atomic mass is 10.2. The normalized spacial score (nSPS) is 15.2. The van der Waals surface area contributed by atoms with Crippen LogP contribution in [0.3, 0.4) is 0 Å². The van der Waals surface area contributed by atoms with Gasteiger partial charge in [0, 0.05) is 0 Å². The molecular formula is C8H12NO3P. The molecule has 4 nitrogen and oxygen atoms in total. The minimum atomic E-state index is -3.56. The van der Waals surface area contributed by atoms with E-state index >= 15 is 0 Å². The predicted molar refractivity (Wildman–Crippen MR) is 50.1 cm³/mol. The van der Waals surface area contributed by atoms with Crippen LogP contribution in [-0.4, -0.2) is 11.2 Å². The Morgan fingerprint density at radius 2 is 2.00 bits per heavy atom. The second-order valence-corrected chi connectivity index (χ2v) is 4.48. The van der Waals surface area contributed by atoms with Gasteiger partial charge in [-0.05, 0) is 5.56 Å². The molecule has 0 bridgehead atoms. The van der Waals surface area contributed by atoms with Gasteiger partial charge in [0.2, 0.25) is 0 Å². The van der Waals surface area contributed by atoms with Gasteiger partial charge in [0.05, 0.1) is 12.9 Å². The molecule has 1 rings (SSSR count). The fourth-order valence-corrected chi connectivity index (χ4v) is 1.26. The van der Waals surface area contributed by atoms with Gasteiger partial charge in [0.15, 0.2) is 0 Å². The minimum Gasteiger partial charge on any atom is -0.323 e. The van der Waals surface area contributed by atoms with E-state index in [-0.39, 0.29) is 12.9 Å². The topological polar surface area (TPSA) is 72.6 Å². The van der Waals surface area contributed by atoms with E-state index in [0.717, 1.165) is 5.56 Å². The molecule has 1 aromatic carbocycles. The summed E-state index contributed by atoms with van der Waals surface area (Å²) in [6.07, 6.45) is -0.347. The van der Waals surface area contributed by atoms with Crippen molar-refractivity contribution >= 4 is 7.60 Å². The van der Waals surface area contributed by atoms with Gasteiger partial charge in [-0.3, -0.25) is 4.57 Å². The first-order valence-electron chi connectivity index (χ1n) is 3.84. The zero-order valence-electron chi connectivity index (χ0n) is 7.09. The monoisotopic (exact) mass is 201 g/mol. The van der Waals surface area contributed by atoms with Gasteiger partial charge in [-0.2, -0.15) is 0 Å². The summed E-state index contributed by atoms with van der Waals surface area (Å²) in [7, 11) is -3.56. The summed E-state index contributed by atoms with van der Waals surface area (Å²) in [6, 6.07) is 9.17. The average Bonchev–Trinajstić information content (AvgIpc) is 2.17. The van der Waals surface area contributed by atoms with E-state index in [1.807, 2.05) is 30.3 Å². The van der Waals surface area contributed by atoms with Gasteiger partial charge in [0.25, 0.3) is 0 Å². The highest BCUT2D eigenvalue weighted by atomic mass is 31.2. The fraction of sp³-hybridized carbons (Fsp3) is 0.250. The van der Waals surface area contributed by atoms with Crippen molar-refractivity contribution in [3.05, 3.63) is 35.9 Å². The van der Waals surface area contributed by atoms with E-state index in [2.05, 4.69) is 0 Å². The molecule has 1 atom stereocenters. The van der Waals surface area contributed by atoms with Crippen molar-refractivity contribution in [2.24, 2.45) is 5.73 Å². The average molecular weight is 201 g/mol. The van der Waals surface area contributed by atoms with Gasteiger partial charge >= 0.3 is 7.60 Å². The van der Waals surface area contributed by atoms with Crippen molar-refractivity contribution in [3.63, 3.8) is 0 Å². The van der Waals surface area contributed by atoms with Crippen LogP contribution in [0.15, 0.2) is 30.3 Å². The third kappa shape index (κ3) is 3.70. The van der Waals surface area contributed by atoms with E-state index in [1.54, 1.807) is 0 Å². The molecule has 0 spiro atoms. The number of hydrogen-bond acceptors (Lipinski definition) is 3. The number of benzene rings is 1. The van der Waals surface area contributed by atoms with Crippen molar-refractivity contribution in [3.8, 4) is 0 Å². The van der Waals surface area contributed by atoms with Crippen LogP contribution in [-0.2, 0) is 15.7 Å². The maximum atomic E-state index is 11.0. The summed E-state index contributed by atoms with van der Waals surface area (Å²) in [4.78, 5) is 8.99. The largest absolute Gasteiger partial charge is 0.341 e. The lowest BCUT2D eigenvalue weighted by Gasteiger charge is -2.08. The lowest BCUT2D eigenvalue weighted by molar-refractivity contribution is 0.251. The zero-order valence-corrected chi connectivity index (χ0v) is 7.98. The Kier molecular flexibility index (Phi) is 3.63. The van der Waals surface area contributed by atoms with E-state index in [0.29, 0.717) is 0 Å². The number of nitrogens with two attached hydrogens (primary N) is 1. The maximum absolute atomic E-state index is 11.0. The summed E-state index contributed by atoms with van der Waals surface area (Å²) in [5.74, 6) is 0. The van der Waals surface area contributed by atoms with Gasteiger partial charge in [-0.25, -0.2) is 0 Å². The molecule has 0 fully saturated rings. The molecule has 0 aliphatic heterocycles. The van der Waals surface area contributed by atoms with Crippen LogP contribution in [0, 0.1) is 0 Å². The second kappa shape index (κ2) is 4.53. The molecule has 5 heteroatoms. The van der Waals surface area contributed by atoms with Crippen LogP contribution in [0.4, 0.5) is 0 Å². The Hall–Kier alpha value is -0.670. The summed E-state index contributed by atoms with van der Waals surface area (Å²) in [6.45, 7) is 0.117. The molecule has 0 saturated heterocycles. The highest BCUT2D eigenvalue weighted by Crippen LogP contribution is 2.40. The summed E-state index contributed by atoms with van der Waals surface area (Å²) < 4.78 is 15.7. The zero-order chi connectivity index (χ0) is 9.73. The SMILES string of the molecule is NCP(=O)(O)OCc1ccccc1. The van der Waals surface area contributed by atoms with E-state index < -0.39 is 7.60 Å². The third-order valence-electron chi connectivity index (χ3n) is 1.51. The van der Waals surface area contributed by atoms with Gasteiger partial charge in [-0.1, -0.05) is 30.3 Å². The van der Waals surface area contributed by atoms with E-state index in [9.17, 15) is 4.57 Å². The standard InChI is InChI=1S/C8H12NO3P/c9-7-13(10,11)12-6-8-4-2-1-3-5-8/h1-5H,6-7,9H2,(H,10,11). The lowest BCUT2D eigenvalue weighted by Crippen LogP contribution is -2.03. The summed E-state index contributed by atoms with van der Waals surface area (Å²) >= 11 is 0. The molecule has 1 unspecified atom stereocenters. The second-order valence-electron chi connectivity index (χ2n) is 2.58. The Bertz CT molecular complexity index is 302. The van der Waals surface area contributed by atoms with E-state index in [4.69, 9.17) is 15.2 Å². The molecule has 1 aromatic rings. The first-order chi connectivity index (χ1) is 6.14. The first kappa shape index (κ1) is 10.4. The Balaban J connectivity index is 2.49. The molecule has 0 aromatic heterocycles. The first-order valence-corrected chi connectivity index (χ1v) is 5.61. The van der Waals surface area contributed by atoms with Gasteiger partial charge < -0.3 is 15.2 Å². The fourth-order valence-electron chi connectivity index (χ4n) is 0.802. The molecule has 0 heterocycles. The Labute approximate surface area is 76.9 Å². The van der Waals surface area contributed by atoms with Crippen LogP contribution < -0.4 is 5.73 Å². The number of hydrogen-bond donors (Lipinski definition) is 2. The molecule has 72 valence electrons. The van der Waals surface area contributed by atoms with E-state index in [1.165, 1.54) is 0 Å². The van der Waals surface area contributed by atoms with Crippen molar-refractivity contribution in [2.45, 2.75) is 6.61 Å². The quantitative estimate of drug-likeness (QED) is 0.720. The van der Waals surface area contributed by atoms with Crippen molar-refractivity contribution < 1.29 is 14.0 Å². The Morgan fingerprint density at radius 1 is 1.38 bits per heavy atom. The Morgan fingerprint density at radius 3 is 2.54 bits per heavy atom. The van der Waals surface area contributed by atoms with Crippen LogP contribution in [0.1, 0.15) is 5.56 Å². The molecule has 0 amide bonds. The minimum absolute atomic E-state index is 0.117. The van der Waals surface area contributed by atoms with Gasteiger partial charge in [-0.15, -0.1) is 0 Å². The predicted octanol–water partition coefficient (Wildman–Crippen LogP) is 1.30. The van der Waals surface area contributed by atoms with Crippen molar-refractivity contribution in [2.75, 3.05) is 6.29 Å². The summed E-state index contributed by atoms with van der Waals surface area (Å²) in [5, 5.41) is 0. The van der Waals surface area contributed by atoms with Gasteiger partial charge in [0.1, 0.15) is 0 Å². The van der Waals surface area contributed by atoms with Crippen LogP contribution in [0.2, 0.25) is 0 Å². The van der Waals surface area contributed by atoms with Crippen molar-refractivity contribution in [1.82, 2.24) is 0 Å². The molecule has 0 aliphatic rings. The van der Waals surface area contributed by atoms with Crippen LogP contribution >= 0.6 is 7.60 Å². The maximum Gasteiger partial charge on any atom is 0.341 e. The molecule has 0 aliphatic carbocycles. The van der Waals surface area contributed by atoms with Crippen LogP contribution in [0.25, 0.3) is 0 Å². The molecule has 3 N–H and O–H groups in total. The molecular weight excluding hydrogens is 189 g/mol. The van der Waals surface area contributed by atoms with Crippen LogP contribution in [0.5, 0.6) is 0 Å². The number of rotatable bonds is 4. The highest BCUT2D eigenvalue weighted by molar-refractivity contribution is 7.52. The molecule has 0 radical (unpaired) electrons. The smallest absolute Gasteiger partial charge is 0.323 e. The molecule has 0 saturated carbocycles.